The number of benzene rings is 3. The van der Waals surface area contributed by atoms with Gasteiger partial charge in [-0.15, -0.1) is 0 Å². The van der Waals surface area contributed by atoms with Crippen LogP contribution in [0.3, 0.4) is 0 Å². The first-order chi connectivity index (χ1) is 19.3. The number of carbonyl (C=O) groups excluding carboxylic acids is 2. The number of methoxy groups -OCH3 is 1. The van der Waals surface area contributed by atoms with E-state index in [-0.39, 0.29) is 22.4 Å². The molecule has 0 bridgehead atoms. The number of fused-ring (bicyclic) bond motifs is 1. The molecule has 1 aliphatic heterocycles. The van der Waals surface area contributed by atoms with Crippen molar-refractivity contribution in [3.05, 3.63) is 106 Å². The normalized spacial score (nSPS) is 22.0. The van der Waals surface area contributed by atoms with E-state index in [2.05, 4.69) is 12.0 Å². The fourth-order valence-corrected chi connectivity index (χ4v) is 6.28. The molecule has 0 spiro atoms. The van der Waals surface area contributed by atoms with Crippen molar-refractivity contribution in [2.45, 2.75) is 24.7 Å². The lowest BCUT2D eigenvalue weighted by atomic mass is 9.56. The molecule has 9 heteroatoms. The number of nitrogens with one attached hydrogen (secondary N) is 1. The number of nitrogens with zero attached hydrogens (tertiary/aromatic N) is 1. The smallest absolute Gasteiger partial charge is 0.260 e. The van der Waals surface area contributed by atoms with E-state index >= 15 is 0 Å². The Kier molecular flexibility index (Phi) is 7.53. The van der Waals surface area contributed by atoms with E-state index in [0.29, 0.717) is 40.6 Å². The number of hydrogen-bond donors (Lipinski definition) is 2. The van der Waals surface area contributed by atoms with Gasteiger partial charge in [0.1, 0.15) is 5.75 Å². The van der Waals surface area contributed by atoms with Crippen LogP contribution in [-0.2, 0) is 15.0 Å². The van der Waals surface area contributed by atoms with Gasteiger partial charge >= 0.3 is 0 Å². The Morgan fingerprint density at radius 2 is 1.88 bits per heavy atom. The summed E-state index contributed by atoms with van der Waals surface area (Å²) in [6.07, 6.45) is 3.97. The molecule has 5 rings (SSSR count). The first-order valence-corrected chi connectivity index (χ1v) is 13.5. The van der Waals surface area contributed by atoms with Gasteiger partial charge in [-0.05, 0) is 72.5 Å². The molecule has 2 N–H and O–H groups in total. The first kappa shape index (κ1) is 27.6. The fourth-order valence-electron chi connectivity index (χ4n) is 5.83. The van der Waals surface area contributed by atoms with Crippen molar-refractivity contribution in [2.75, 3.05) is 19.1 Å². The number of ether oxygens (including phenoxy) is 2. The van der Waals surface area contributed by atoms with Crippen LogP contribution in [0.4, 0.5) is 5.69 Å². The highest BCUT2D eigenvalue weighted by Gasteiger charge is 2.66. The van der Waals surface area contributed by atoms with Gasteiger partial charge in [0, 0.05) is 10.9 Å². The summed E-state index contributed by atoms with van der Waals surface area (Å²) < 4.78 is 11.1. The SMILES string of the molecule is C=CC1=CC[C@H]2C(=O)N(Nc3ccc(Cl)cc3Cl)C(=O)[C@@]2(c2ccc(OC)cc2)[C@H]1c1ccc(O)c(OCC)c1. The number of imide groups is 1. The zero-order chi connectivity index (χ0) is 28.6. The van der Waals surface area contributed by atoms with Crippen molar-refractivity contribution >= 4 is 40.7 Å². The molecule has 3 atom stereocenters. The Balaban J connectivity index is 1.73. The number of phenols is 1. The molecule has 1 fully saturated rings. The molecule has 0 saturated carbocycles. The van der Waals surface area contributed by atoms with E-state index in [9.17, 15) is 14.7 Å². The number of carbonyl (C=O) groups is 2. The molecule has 40 heavy (non-hydrogen) atoms. The maximum Gasteiger partial charge on any atom is 0.260 e. The highest BCUT2D eigenvalue weighted by molar-refractivity contribution is 6.36. The van der Waals surface area contributed by atoms with Crippen molar-refractivity contribution in [1.82, 2.24) is 5.01 Å². The van der Waals surface area contributed by atoms with E-state index in [4.69, 9.17) is 32.7 Å². The van der Waals surface area contributed by atoms with Gasteiger partial charge in [0.2, 0.25) is 0 Å². The largest absolute Gasteiger partial charge is 0.504 e. The van der Waals surface area contributed by atoms with E-state index in [1.165, 1.54) is 12.1 Å². The molecule has 2 amide bonds. The van der Waals surface area contributed by atoms with Crippen LogP contribution in [0.1, 0.15) is 30.4 Å². The zero-order valence-electron chi connectivity index (χ0n) is 22.0. The Labute approximate surface area is 242 Å². The Morgan fingerprint density at radius 1 is 1.12 bits per heavy atom. The molecule has 0 aromatic heterocycles. The topological polar surface area (TPSA) is 88.1 Å². The summed E-state index contributed by atoms with van der Waals surface area (Å²) in [6.45, 7) is 6.19. The lowest BCUT2D eigenvalue weighted by molar-refractivity contribution is -0.138. The van der Waals surface area contributed by atoms with Crippen molar-refractivity contribution in [2.24, 2.45) is 5.92 Å². The van der Waals surface area contributed by atoms with Gasteiger partial charge in [0.05, 0.1) is 35.8 Å². The van der Waals surface area contributed by atoms with Crippen LogP contribution in [0.2, 0.25) is 10.0 Å². The molecule has 7 nitrogen and oxygen atoms in total. The third-order valence-electron chi connectivity index (χ3n) is 7.59. The van der Waals surface area contributed by atoms with Crippen LogP contribution >= 0.6 is 23.2 Å². The highest BCUT2D eigenvalue weighted by atomic mass is 35.5. The molecule has 3 aromatic rings. The second-order valence-electron chi connectivity index (χ2n) is 9.60. The number of hydrazine groups is 1. The minimum Gasteiger partial charge on any atom is -0.504 e. The van der Waals surface area contributed by atoms with Gasteiger partial charge in [-0.25, -0.2) is 0 Å². The summed E-state index contributed by atoms with van der Waals surface area (Å²) in [5, 5.41) is 12.2. The quantitative estimate of drug-likeness (QED) is 0.291. The van der Waals surface area contributed by atoms with Crippen molar-refractivity contribution in [1.29, 1.82) is 0 Å². The summed E-state index contributed by atoms with van der Waals surface area (Å²) in [5.41, 5.74) is 4.10. The summed E-state index contributed by atoms with van der Waals surface area (Å²) in [6, 6.07) is 17.0. The van der Waals surface area contributed by atoms with E-state index in [1.54, 1.807) is 49.6 Å². The number of phenolic OH excluding ortho intramolecular Hbond substituents is 1. The fraction of sp³-hybridized carbons (Fsp3) is 0.226. The molecule has 1 aliphatic carbocycles. The number of hydrogen-bond acceptors (Lipinski definition) is 6. The number of rotatable bonds is 8. The summed E-state index contributed by atoms with van der Waals surface area (Å²) in [4.78, 5) is 28.8. The van der Waals surface area contributed by atoms with Crippen LogP contribution in [0.15, 0.2) is 85.0 Å². The van der Waals surface area contributed by atoms with Gasteiger partial charge in [0.25, 0.3) is 11.8 Å². The molecule has 1 heterocycles. The summed E-state index contributed by atoms with van der Waals surface area (Å²) in [5.74, 6) is -1.32. The van der Waals surface area contributed by atoms with Crippen LogP contribution in [0.25, 0.3) is 0 Å². The third kappa shape index (κ3) is 4.39. The monoisotopic (exact) mass is 578 g/mol. The summed E-state index contributed by atoms with van der Waals surface area (Å²) in [7, 11) is 1.57. The van der Waals surface area contributed by atoms with E-state index < -0.39 is 23.2 Å². The Morgan fingerprint density at radius 3 is 2.52 bits per heavy atom. The Bertz CT molecular complexity index is 1520. The summed E-state index contributed by atoms with van der Waals surface area (Å²) >= 11 is 12.5. The minimum absolute atomic E-state index is 0.0184. The second kappa shape index (κ2) is 10.9. The van der Waals surface area contributed by atoms with E-state index in [0.717, 1.165) is 10.6 Å². The minimum atomic E-state index is -1.35. The lowest BCUT2D eigenvalue weighted by Crippen LogP contribution is -2.48. The van der Waals surface area contributed by atoms with Crippen molar-refractivity contribution in [3.63, 3.8) is 0 Å². The molecule has 1 saturated heterocycles. The predicted molar refractivity (Wildman–Crippen MR) is 155 cm³/mol. The van der Waals surface area contributed by atoms with Gasteiger partial charge in [0.15, 0.2) is 11.5 Å². The van der Waals surface area contributed by atoms with Gasteiger partial charge in [-0.2, -0.15) is 5.01 Å². The molecule has 2 aliphatic rings. The maximum atomic E-state index is 14.7. The third-order valence-corrected chi connectivity index (χ3v) is 8.13. The maximum absolute atomic E-state index is 14.7. The molecular weight excluding hydrogens is 551 g/mol. The van der Waals surface area contributed by atoms with Gasteiger partial charge in [-0.3, -0.25) is 15.0 Å². The van der Waals surface area contributed by atoms with E-state index in [1.807, 2.05) is 25.1 Å². The van der Waals surface area contributed by atoms with Gasteiger partial charge < -0.3 is 14.6 Å². The van der Waals surface area contributed by atoms with Crippen LogP contribution in [0.5, 0.6) is 17.2 Å². The first-order valence-electron chi connectivity index (χ1n) is 12.8. The average Bonchev–Trinajstić information content (AvgIpc) is 3.17. The molecular formula is C31H28Cl2N2O5. The van der Waals surface area contributed by atoms with Gasteiger partial charge in [-0.1, -0.05) is 60.1 Å². The molecule has 0 radical (unpaired) electrons. The standard InChI is InChI=1S/C31H28Cl2N2O5/c1-4-18-6-13-23-29(37)35(34-25-14-10-21(32)17-24(25)33)30(38)31(23,20-8-11-22(39-3)12-9-20)28(18)19-7-15-26(36)27(16-19)40-5-2/h4,6-12,14-17,23,28,34,36H,1,5,13H2,2-3H3/t23-,28+,31+/m0/s1. The van der Waals surface area contributed by atoms with Crippen molar-refractivity contribution < 1.29 is 24.2 Å². The Hall–Kier alpha value is -3.94. The van der Waals surface area contributed by atoms with Crippen LogP contribution in [-0.4, -0.2) is 35.6 Å². The number of anilines is 1. The number of allylic oxidation sites excluding steroid dienone is 3. The molecule has 0 unspecified atom stereocenters. The van der Waals surface area contributed by atoms with Crippen LogP contribution in [0, 0.1) is 5.92 Å². The van der Waals surface area contributed by atoms with Crippen molar-refractivity contribution in [3.8, 4) is 17.2 Å². The van der Waals surface area contributed by atoms with Crippen LogP contribution < -0.4 is 14.9 Å². The lowest BCUT2D eigenvalue weighted by Gasteiger charge is -2.43. The number of aromatic hydroxyl groups is 1. The molecule has 206 valence electrons. The molecule has 3 aromatic carbocycles. The number of amides is 2. The average molecular weight is 579 g/mol. The predicted octanol–water partition coefficient (Wildman–Crippen LogP) is 6.66. The highest BCUT2D eigenvalue weighted by Crippen LogP contribution is 2.58. The second-order valence-corrected chi connectivity index (χ2v) is 10.4. The zero-order valence-corrected chi connectivity index (χ0v) is 23.5. The number of halogens is 2.